The van der Waals surface area contributed by atoms with Crippen molar-refractivity contribution in [2.24, 2.45) is 0 Å². The Bertz CT molecular complexity index is 624. The molecule has 1 saturated heterocycles. The summed E-state index contributed by atoms with van der Waals surface area (Å²) in [4.78, 5) is 2.34. The normalized spacial score (nSPS) is 22.8. The molecule has 1 aliphatic carbocycles. The molecule has 0 spiro atoms. The van der Waals surface area contributed by atoms with Gasteiger partial charge in [-0.1, -0.05) is 31.4 Å². The first-order chi connectivity index (χ1) is 13.3. The van der Waals surface area contributed by atoms with Crippen LogP contribution in [-0.2, 0) is 0 Å². The zero-order chi connectivity index (χ0) is 20.2. The molecule has 158 valence electrons. The van der Waals surface area contributed by atoms with Crippen molar-refractivity contribution in [1.82, 2.24) is 10.2 Å². The van der Waals surface area contributed by atoms with Crippen molar-refractivity contribution in [1.29, 1.82) is 0 Å². The van der Waals surface area contributed by atoms with Crippen LogP contribution in [0.2, 0.25) is 0 Å². The number of hydrogen-bond donors (Lipinski definition) is 2. The van der Waals surface area contributed by atoms with Crippen LogP contribution >= 0.6 is 0 Å². The van der Waals surface area contributed by atoms with E-state index in [0.717, 1.165) is 50.8 Å². The second-order valence-electron chi connectivity index (χ2n) is 8.20. The summed E-state index contributed by atoms with van der Waals surface area (Å²) in [7, 11) is 1.97. The van der Waals surface area contributed by atoms with E-state index in [1.165, 1.54) is 12.1 Å². The van der Waals surface area contributed by atoms with Crippen LogP contribution in [0.4, 0.5) is 13.2 Å². The minimum absolute atomic E-state index is 0.219. The third kappa shape index (κ3) is 5.61. The molecule has 1 atom stereocenters. The molecule has 28 heavy (non-hydrogen) atoms. The average molecular weight is 400 g/mol. The molecule has 1 saturated carbocycles. The first-order valence-electron chi connectivity index (χ1n) is 10.3. The number of ether oxygens (including phenoxy) is 1. The van der Waals surface area contributed by atoms with Gasteiger partial charge in [-0.15, -0.1) is 13.2 Å². The summed E-state index contributed by atoms with van der Waals surface area (Å²) in [5.41, 5.74) is -0.156. The molecule has 0 aromatic heterocycles. The zero-order valence-electron chi connectivity index (χ0n) is 16.5. The smallest absolute Gasteiger partial charge is 0.406 e. The maximum Gasteiger partial charge on any atom is 0.573 e. The van der Waals surface area contributed by atoms with E-state index < -0.39 is 12.0 Å². The fourth-order valence-electron chi connectivity index (χ4n) is 4.69. The highest BCUT2D eigenvalue weighted by atomic mass is 19.4. The number of alkyl halides is 3. The third-order valence-corrected chi connectivity index (χ3v) is 6.30. The summed E-state index contributed by atoms with van der Waals surface area (Å²) < 4.78 is 42.1. The molecule has 0 radical (unpaired) electrons. The van der Waals surface area contributed by atoms with Gasteiger partial charge in [-0.25, -0.2) is 0 Å². The summed E-state index contributed by atoms with van der Waals surface area (Å²) in [6.45, 7) is 2.51. The quantitative estimate of drug-likeness (QED) is 0.756. The van der Waals surface area contributed by atoms with E-state index >= 15 is 0 Å². The standard InChI is InChI=1S/C21H31F3N2O2/c1-25-17-8-12-26(13-9-17)15-19(20(27)10-3-2-4-11-20)16-6-5-7-18(14-16)28-21(22,23)24/h5-7,14,17,19,25,27H,2-4,8-13,15H2,1H3. The molecule has 1 aromatic rings. The minimum Gasteiger partial charge on any atom is -0.406 e. The van der Waals surface area contributed by atoms with Crippen molar-refractivity contribution < 1.29 is 23.0 Å². The summed E-state index contributed by atoms with van der Waals surface area (Å²) in [5.74, 6) is -0.445. The van der Waals surface area contributed by atoms with Gasteiger partial charge < -0.3 is 20.1 Å². The molecule has 1 heterocycles. The summed E-state index contributed by atoms with van der Waals surface area (Å²) >= 11 is 0. The molecule has 1 unspecified atom stereocenters. The summed E-state index contributed by atoms with van der Waals surface area (Å²) in [5, 5.41) is 14.7. The second-order valence-corrected chi connectivity index (χ2v) is 8.20. The molecule has 4 nitrogen and oxygen atoms in total. The van der Waals surface area contributed by atoms with Crippen LogP contribution in [0.1, 0.15) is 56.4 Å². The van der Waals surface area contributed by atoms with Gasteiger partial charge in [0.15, 0.2) is 0 Å². The van der Waals surface area contributed by atoms with Crippen molar-refractivity contribution in [3.05, 3.63) is 29.8 Å². The largest absolute Gasteiger partial charge is 0.573 e. The Morgan fingerprint density at radius 2 is 1.89 bits per heavy atom. The molecule has 0 bridgehead atoms. The number of likely N-dealkylation sites (tertiary alicyclic amines) is 1. The second kappa shape index (κ2) is 9.01. The van der Waals surface area contributed by atoms with Crippen molar-refractivity contribution >= 4 is 0 Å². The maximum absolute atomic E-state index is 12.7. The Labute approximate surface area is 165 Å². The van der Waals surface area contributed by atoms with Gasteiger partial charge in [-0.05, 0) is 63.5 Å². The minimum atomic E-state index is -4.72. The van der Waals surface area contributed by atoms with Gasteiger partial charge in [0.1, 0.15) is 5.75 Å². The fourth-order valence-corrected chi connectivity index (χ4v) is 4.69. The lowest BCUT2D eigenvalue weighted by Gasteiger charge is -2.43. The van der Waals surface area contributed by atoms with Crippen LogP contribution in [-0.4, -0.2) is 54.7 Å². The number of nitrogens with zero attached hydrogens (tertiary/aromatic N) is 1. The predicted molar refractivity (Wildman–Crippen MR) is 102 cm³/mol. The van der Waals surface area contributed by atoms with E-state index in [1.807, 2.05) is 13.1 Å². The molecule has 7 heteroatoms. The van der Waals surface area contributed by atoms with Crippen molar-refractivity contribution in [3.8, 4) is 5.75 Å². The maximum atomic E-state index is 12.7. The first-order valence-corrected chi connectivity index (χ1v) is 10.3. The number of rotatable bonds is 6. The average Bonchev–Trinajstić information content (AvgIpc) is 2.66. The highest BCUT2D eigenvalue weighted by Crippen LogP contribution is 2.41. The van der Waals surface area contributed by atoms with Crippen LogP contribution in [0, 0.1) is 0 Å². The molecule has 2 N–H and O–H groups in total. The van der Waals surface area contributed by atoms with E-state index in [-0.39, 0.29) is 11.7 Å². The van der Waals surface area contributed by atoms with Gasteiger partial charge in [0, 0.05) is 18.5 Å². The van der Waals surface area contributed by atoms with E-state index in [4.69, 9.17) is 0 Å². The van der Waals surface area contributed by atoms with Crippen molar-refractivity contribution in [3.63, 3.8) is 0 Å². The molecule has 1 aromatic carbocycles. The van der Waals surface area contributed by atoms with Crippen LogP contribution in [0.5, 0.6) is 5.75 Å². The molecule has 0 amide bonds. The number of benzene rings is 1. The van der Waals surface area contributed by atoms with E-state index in [2.05, 4.69) is 15.0 Å². The number of aliphatic hydroxyl groups is 1. The molecule has 2 fully saturated rings. The van der Waals surface area contributed by atoms with Gasteiger partial charge in [-0.2, -0.15) is 0 Å². The number of piperidine rings is 1. The van der Waals surface area contributed by atoms with E-state index in [9.17, 15) is 18.3 Å². The van der Waals surface area contributed by atoms with Gasteiger partial charge in [-0.3, -0.25) is 0 Å². The monoisotopic (exact) mass is 400 g/mol. The van der Waals surface area contributed by atoms with Crippen LogP contribution in [0.15, 0.2) is 24.3 Å². The van der Waals surface area contributed by atoms with Crippen LogP contribution in [0.3, 0.4) is 0 Å². The zero-order valence-corrected chi connectivity index (χ0v) is 16.5. The molecule has 2 aliphatic rings. The Morgan fingerprint density at radius 3 is 2.50 bits per heavy atom. The molecule has 1 aliphatic heterocycles. The van der Waals surface area contributed by atoms with Gasteiger partial charge in [0.25, 0.3) is 0 Å². The Balaban J connectivity index is 1.81. The predicted octanol–water partition coefficient (Wildman–Crippen LogP) is 4.05. The Hall–Kier alpha value is -1.31. The Morgan fingerprint density at radius 1 is 1.21 bits per heavy atom. The highest BCUT2D eigenvalue weighted by Gasteiger charge is 2.40. The SMILES string of the molecule is CNC1CCN(CC(c2cccc(OC(F)(F)F)c2)C2(O)CCCCC2)CC1. The number of hydrogen-bond acceptors (Lipinski definition) is 4. The van der Waals surface area contributed by atoms with Crippen LogP contribution in [0.25, 0.3) is 0 Å². The molecule has 3 rings (SSSR count). The summed E-state index contributed by atoms with van der Waals surface area (Å²) in [6, 6.07) is 6.68. The van der Waals surface area contributed by atoms with Crippen molar-refractivity contribution in [2.75, 3.05) is 26.7 Å². The molecular weight excluding hydrogens is 369 g/mol. The topological polar surface area (TPSA) is 44.7 Å². The number of halogens is 3. The van der Waals surface area contributed by atoms with Gasteiger partial charge >= 0.3 is 6.36 Å². The molecular formula is C21H31F3N2O2. The van der Waals surface area contributed by atoms with Gasteiger partial charge in [0.2, 0.25) is 0 Å². The Kier molecular flexibility index (Phi) is 6.89. The van der Waals surface area contributed by atoms with E-state index in [0.29, 0.717) is 25.4 Å². The lowest BCUT2D eigenvalue weighted by molar-refractivity contribution is -0.274. The lowest BCUT2D eigenvalue weighted by Crippen LogP contribution is -2.48. The van der Waals surface area contributed by atoms with Crippen LogP contribution < -0.4 is 10.1 Å². The summed E-state index contributed by atoms with van der Waals surface area (Å²) in [6.07, 6.45) is 1.74. The van der Waals surface area contributed by atoms with Gasteiger partial charge in [0.05, 0.1) is 5.60 Å². The highest BCUT2D eigenvalue weighted by molar-refractivity contribution is 5.33. The first kappa shape index (κ1) is 21.4. The lowest BCUT2D eigenvalue weighted by atomic mass is 9.72. The third-order valence-electron chi connectivity index (χ3n) is 6.30. The van der Waals surface area contributed by atoms with E-state index in [1.54, 1.807) is 6.07 Å². The fraction of sp³-hybridized carbons (Fsp3) is 0.714. The number of nitrogens with one attached hydrogen (secondary N) is 1. The van der Waals surface area contributed by atoms with Crippen molar-refractivity contribution in [2.45, 2.75) is 68.9 Å².